The highest BCUT2D eigenvalue weighted by atomic mass is 19.1. The van der Waals surface area contributed by atoms with Gasteiger partial charge < -0.3 is 14.8 Å². The third-order valence-electron chi connectivity index (χ3n) is 5.57. The van der Waals surface area contributed by atoms with E-state index in [2.05, 4.69) is 15.1 Å². The quantitative estimate of drug-likeness (QED) is 0.598. The summed E-state index contributed by atoms with van der Waals surface area (Å²) < 4.78 is 26.7. The number of hydrogen-bond donors (Lipinski definition) is 1. The summed E-state index contributed by atoms with van der Waals surface area (Å²) in [5, 5.41) is 3.29. The van der Waals surface area contributed by atoms with Crippen LogP contribution in [0.2, 0.25) is 0 Å². The molecule has 1 aromatic heterocycles. The largest absolute Gasteiger partial charge is 0.494 e. The Labute approximate surface area is 185 Å². The van der Waals surface area contributed by atoms with Crippen LogP contribution in [0.1, 0.15) is 6.42 Å². The van der Waals surface area contributed by atoms with E-state index in [1.165, 1.54) is 23.8 Å². The normalized spacial score (nSPS) is 15.4. The molecule has 3 aromatic rings. The van der Waals surface area contributed by atoms with E-state index in [-0.39, 0.29) is 22.9 Å². The first kappa shape index (κ1) is 21.5. The van der Waals surface area contributed by atoms with Gasteiger partial charge in [-0.05, 0) is 36.2 Å². The van der Waals surface area contributed by atoms with Gasteiger partial charge in [0.2, 0.25) is 0 Å². The number of benzene rings is 2. The van der Waals surface area contributed by atoms with Gasteiger partial charge in [0.05, 0.1) is 31.5 Å². The van der Waals surface area contributed by atoms with E-state index >= 15 is 0 Å². The van der Waals surface area contributed by atoms with E-state index in [0.717, 1.165) is 19.5 Å². The first-order valence-electron chi connectivity index (χ1n) is 10.3. The smallest absolute Gasteiger partial charge is 0.299 e. The summed E-state index contributed by atoms with van der Waals surface area (Å²) in [6.07, 6.45) is 1.00. The summed E-state index contributed by atoms with van der Waals surface area (Å²) in [4.78, 5) is 21.5. The van der Waals surface area contributed by atoms with E-state index in [0.29, 0.717) is 35.0 Å². The zero-order valence-electron chi connectivity index (χ0n) is 17.9. The van der Waals surface area contributed by atoms with Crippen molar-refractivity contribution in [3.63, 3.8) is 0 Å². The van der Waals surface area contributed by atoms with E-state index in [1.54, 1.807) is 37.4 Å². The van der Waals surface area contributed by atoms with Gasteiger partial charge in [-0.3, -0.25) is 9.36 Å². The molecule has 7 nitrogen and oxygen atoms in total. The Balaban J connectivity index is 1.85. The topological polar surface area (TPSA) is 69.7 Å². The minimum atomic E-state index is -0.574. The van der Waals surface area contributed by atoms with Gasteiger partial charge >= 0.3 is 0 Å². The average molecular weight is 434 g/mol. The number of halogens is 1. The molecule has 0 bridgehead atoms. The lowest BCUT2D eigenvalue weighted by atomic mass is 10.00. The van der Waals surface area contributed by atoms with Crippen LogP contribution in [-0.4, -0.2) is 36.4 Å². The van der Waals surface area contributed by atoms with Crippen molar-refractivity contribution in [2.24, 2.45) is 13.0 Å². The molecule has 2 aromatic carbocycles. The van der Waals surface area contributed by atoms with Crippen molar-refractivity contribution < 1.29 is 13.9 Å². The van der Waals surface area contributed by atoms with Crippen molar-refractivity contribution >= 4 is 5.69 Å². The zero-order valence-corrected chi connectivity index (χ0v) is 17.9. The molecule has 1 fully saturated rings. The van der Waals surface area contributed by atoms with Gasteiger partial charge in [-0.25, -0.2) is 9.24 Å². The SMILES string of the molecule is [C-]#[N+]c1ccc(-c2nc(OCC3CCNC3)n(C)c(=O)c2-c2ccc(OC)c(F)c2)cc1. The molecule has 0 radical (unpaired) electrons. The Hall–Kier alpha value is -3.70. The molecule has 0 aliphatic carbocycles. The van der Waals surface area contributed by atoms with Crippen LogP contribution in [0.25, 0.3) is 27.2 Å². The first-order chi connectivity index (χ1) is 15.5. The second-order valence-corrected chi connectivity index (χ2v) is 7.66. The molecule has 8 heteroatoms. The van der Waals surface area contributed by atoms with E-state index in [1.807, 2.05) is 0 Å². The molecule has 1 atom stereocenters. The molecule has 2 heterocycles. The van der Waals surface area contributed by atoms with E-state index in [9.17, 15) is 9.18 Å². The number of hydrogen-bond acceptors (Lipinski definition) is 5. The Morgan fingerprint density at radius 3 is 2.62 bits per heavy atom. The summed E-state index contributed by atoms with van der Waals surface area (Å²) in [6.45, 7) is 9.42. The van der Waals surface area contributed by atoms with Crippen LogP contribution in [0.15, 0.2) is 47.3 Å². The van der Waals surface area contributed by atoms with Crippen molar-refractivity contribution in [3.8, 4) is 34.1 Å². The van der Waals surface area contributed by atoms with Crippen molar-refractivity contribution in [2.45, 2.75) is 6.42 Å². The predicted molar refractivity (Wildman–Crippen MR) is 120 cm³/mol. The monoisotopic (exact) mass is 434 g/mol. The van der Waals surface area contributed by atoms with Crippen molar-refractivity contribution in [1.29, 1.82) is 0 Å². The third kappa shape index (κ3) is 4.20. The molecule has 4 rings (SSSR count). The molecule has 0 spiro atoms. The maximum atomic E-state index is 14.5. The number of nitrogens with one attached hydrogen (secondary N) is 1. The minimum Gasteiger partial charge on any atom is -0.494 e. The van der Waals surface area contributed by atoms with Gasteiger partial charge in [0.15, 0.2) is 17.3 Å². The Bertz CT molecular complexity index is 1230. The summed E-state index contributed by atoms with van der Waals surface area (Å²) in [5.41, 5.74) is 1.75. The molecule has 0 saturated carbocycles. The van der Waals surface area contributed by atoms with Gasteiger partial charge in [-0.1, -0.05) is 30.3 Å². The molecule has 164 valence electrons. The fourth-order valence-corrected chi connectivity index (χ4v) is 3.75. The number of methoxy groups -OCH3 is 1. The number of ether oxygens (including phenoxy) is 2. The molecular weight excluding hydrogens is 411 g/mol. The Morgan fingerprint density at radius 1 is 1.25 bits per heavy atom. The van der Waals surface area contributed by atoms with Gasteiger partial charge in [0.1, 0.15) is 0 Å². The fraction of sp³-hybridized carbons (Fsp3) is 0.292. The highest BCUT2D eigenvalue weighted by molar-refractivity contribution is 5.81. The summed E-state index contributed by atoms with van der Waals surface area (Å²) in [6, 6.07) is 11.3. The Kier molecular flexibility index (Phi) is 6.19. The third-order valence-corrected chi connectivity index (χ3v) is 5.57. The zero-order chi connectivity index (χ0) is 22.7. The molecule has 1 saturated heterocycles. The maximum Gasteiger partial charge on any atom is 0.299 e. The number of nitrogens with zero attached hydrogens (tertiary/aromatic N) is 3. The first-order valence-corrected chi connectivity index (χ1v) is 10.3. The van der Waals surface area contributed by atoms with Gasteiger partial charge in [0.25, 0.3) is 11.6 Å². The summed E-state index contributed by atoms with van der Waals surface area (Å²) in [7, 11) is 2.97. The lowest BCUT2D eigenvalue weighted by molar-refractivity contribution is 0.231. The van der Waals surface area contributed by atoms with Crippen LogP contribution in [-0.2, 0) is 7.05 Å². The lowest BCUT2D eigenvalue weighted by Gasteiger charge is -2.17. The highest BCUT2D eigenvalue weighted by Crippen LogP contribution is 2.32. The second-order valence-electron chi connectivity index (χ2n) is 7.66. The predicted octanol–water partition coefficient (Wildman–Crippen LogP) is 3.80. The molecule has 1 unspecified atom stereocenters. The minimum absolute atomic E-state index is 0.0895. The van der Waals surface area contributed by atoms with Gasteiger partial charge in [-0.2, -0.15) is 4.98 Å². The lowest BCUT2D eigenvalue weighted by Crippen LogP contribution is -2.25. The van der Waals surface area contributed by atoms with E-state index in [4.69, 9.17) is 16.0 Å². The summed E-state index contributed by atoms with van der Waals surface area (Å²) in [5.74, 6) is -0.134. The van der Waals surface area contributed by atoms with Crippen LogP contribution in [0.3, 0.4) is 0 Å². The number of rotatable bonds is 6. The standard InChI is InChI=1S/C24H23FN4O3/c1-26-18-7-4-16(5-8-18)22-21(17-6-9-20(31-3)19(25)12-17)23(30)29(2)24(28-22)32-14-15-10-11-27-13-15/h4-9,12,15,27H,10-11,13-14H2,2-3H3. The second kappa shape index (κ2) is 9.20. The van der Waals surface area contributed by atoms with Crippen LogP contribution in [0, 0.1) is 18.3 Å². The molecule has 1 N–H and O–H groups in total. The molecule has 1 aliphatic rings. The van der Waals surface area contributed by atoms with E-state index < -0.39 is 5.82 Å². The van der Waals surface area contributed by atoms with Crippen LogP contribution < -0.4 is 20.3 Å². The Morgan fingerprint density at radius 2 is 2.00 bits per heavy atom. The van der Waals surface area contributed by atoms with Crippen LogP contribution in [0.5, 0.6) is 11.8 Å². The van der Waals surface area contributed by atoms with Crippen LogP contribution in [0.4, 0.5) is 10.1 Å². The van der Waals surface area contributed by atoms with Crippen molar-refractivity contribution in [1.82, 2.24) is 14.9 Å². The highest BCUT2D eigenvalue weighted by Gasteiger charge is 2.22. The molecular formula is C24H23FN4O3. The fourth-order valence-electron chi connectivity index (χ4n) is 3.75. The summed E-state index contributed by atoms with van der Waals surface area (Å²) >= 11 is 0. The molecule has 0 amide bonds. The van der Waals surface area contributed by atoms with Gasteiger partial charge in [-0.15, -0.1) is 0 Å². The van der Waals surface area contributed by atoms with Crippen molar-refractivity contribution in [3.05, 3.63) is 70.1 Å². The van der Waals surface area contributed by atoms with Crippen molar-refractivity contribution in [2.75, 3.05) is 26.8 Å². The number of aromatic nitrogens is 2. The van der Waals surface area contributed by atoms with Crippen LogP contribution >= 0.6 is 0 Å². The van der Waals surface area contributed by atoms with Gasteiger partial charge in [0, 0.05) is 19.5 Å². The average Bonchev–Trinajstić information content (AvgIpc) is 3.33. The molecule has 1 aliphatic heterocycles. The molecule has 32 heavy (non-hydrogen) atoms. The maximum absolute atomic E-state index is 14.5.